The van der Waals surface area contributed by atoms with Crippen LogP contribution in [0, 0.1) is 13.8 Å². The number of H-pyrrole nitrogens is 1. The van der Waals surface area contributed by atoms with Crippen LogP contribution in [0.5, 0.6) is 0 Å². The normalized spacial score (nSPS) is 10.6. The highest BCUT2D eigenvalue weighted by Gasteiger charge is 2.04. The van der Waals surface area contributed by atoms with Gasteiger partial charge in [-0.15, -0.1) is 0 Å². The molecule has 1 aromatic heterocycles. The van der Waals surface area contributed by atoms with E-state index in [9.17, 15) is 4.79 Å². The average molecular weight is 271 g/mol. The first kappa shape index (κ1) is 14.3. The second-order valence-electron chi connectivity index (χ2n) is 4.97. The standard InChI is InChI=1S/C16H21N3O/c1-4-13-5-7-14(8-6-13)9-10-17-15-16(20)19-12(3)11(2)18-15/h5-8H,4,9-10H2,1-3H3,(H,17,18)(H,19,20). The minimum Gasteiger partial charge on any atom is -0.365 e. The van der Waals surface area contributed by atoms with E-state index in [1.165, 1.54) is 11.1 Å². The van der Waals surface area contributed by atoms with Gasteiger partial charge in [0.25, 0.3) is 5.56 Å². The number of benzene rings is 1. The fraction of sp³-hybridized carbons (Fsp3) is 0.375. The molecule has 0 fully saturated rings. The molecule has 0 radical (unpaired) electrons. The summed E-state index contributed by atoms with van der Waals surface area (Å²) in [5, 5.41) is 3.10. The second kappa shape index (κ2) is 6.37. The van der Waals surface area contributed by atoms with Crippen LogP contribution in [-0.2, 0) is 12.8 Å². The minimum absolute atomic E-state index is 0.158. The van der Waals surface area contributed by atoms with E-state index < -0.39 is 0 Å². The Morgan fingerprint density at radius 2 is 1.80 bits per heavy atom. The number of nitrogens with one attached hydrogen (secondary N) is 2. The number of rotatable bonds is 5. The molecule has 2 N–H and O–H groups in total. The number of anilines is 1. The lowest BCUT2D eigenvalue weighted by Gasteiger charge is -2.07. The third-order valence-electron chi connectivity index (χ3n) is 3.48. The summed E-state index contributed by atoms with van der Waals surface area (Å²) < 4.78 is 0. The van der Waals surface area contributed by atoms with Gasteiger partial charge in [-0.3, -0.25) is 4.79 Å². The summed E-state index contributed by atoms with van der Waals surface area (Å²) >= 11 is 0. The van der Waals surface area contributed by atoms with Crippen molar-refractivity contribution >= 4 is 5.82 Å². The van der Waals surface area contributed by atoms with Gasteiger partial charge < -0.3 is 10.3 Å². The van der Waals surface area contributed by atoms with E-state index in [0.717, 1.165) is 24.2 Å². The van der Waals surface area contributed by atoms with Crippen LogP contribution in [0.3, 0.4) is 0 Å². The van der Waals surface area contributed by atoms with Crippen LogP contribution in [-0.4, -0.2) is 16.5 Å². The first-order valence-corrected chi connectivity index (χ1v) is 6.99. The Morgan fingerprint density at radius 1 is 1.15 bits per heavy atom. The van der Waals surface area contributed by atoms with Crippen LogP contribution < -0.4 is 10.9 Å². The molecular weight excluding hydrogens is 250 g/mol. The van der Waals surface area contributed by atoms with Gasteiger partial charge in [0.1, 0.15) is 0 Å². The zero-order valence-corrected chi connectivity index (χ0v) is 12.3. The predicted molar refractivity (Wildman–Crippen MR) is 82.3 cm³/mol. The van der Waals surface area contributed by atoms with Crippen LogP contribution in [0.2, 0.25) is 0 Å². The van der Waals surface area contributed by atoms with Crippen molar-refractivity contribution in [1.29, 1.82) is 0 Å². The van der Waals surface area contributed by atoms with Gasteiger partial charge in [-0.2, -0.15) is 0 Å². The van der Waals surface area contributed by atoms with Gasteiger partial charge in [0, 0.05) is 12.2 Å². The van der Waals surface area contributed by atoms with Gasteiger partial charge >= 0.3 is 0 Å². The molecule has 4 heteroatoms. The van der Waals surface area contributed by atoms with Gasteiger partial charge in [-0.25, -0.2) is 4.98 Å². The number of hydrogen-bond donors (Lipinski definition) is 2. The lowest BCUT2D eigenvalue weighted by Crippen LogP contribution is -2.19. The van der Waals surface area contributed by atoms with E-state index in [0.29, 0.717) is 12.4 Å². The summed E-state index contributed by atoms with van der Waals surface area (Å²) in [6.07, 6.45) is 1.93. The molecule has 0 aliphatic rings. The number of nitrogens with zero attached hydrogens (tertiary/aromatic N) is 1. The second-order valence-corrected chi connectivity index (χ2v) is 4.97. The molecule has 1 heterocycles. The van der Waals surface area contributed by atoms with E-state index in [4.69, 9.17) is 0 Å². The van der Waals surface area contributed by atoms with Crippen molar-refractivity contribution in [2.75, 3.05) is 11.9 Å². The van der Waals surface area contributed by atoms with Gasteiger partial charge in [0.15, 0.2) is 5.82 Å². The van der Waals surface area contributed by atoms with Crippen molar-refractivity contribution in [3.05, 3.63) is 57.1 Å². The summed E-state index contributed by atoms with van der Waals surface area (Å²) in [5.41, 5.74) is 4.11. The lowest BCUT2D eigenvalue weighted by atomic mass is 10.1. The molecule has 0 saturated heterocycles. The fourth-order valence-corrected chi connectivity index (χ4v) is 2.01. The number of aryl methyl sites for hydroxylation is 3. The predicted octanol–water partition coefficient (Wildman–Crippen LogP) is 2.60. The van der Waals surface area contributed by atoms with Crippen molar-refractivity contribution in [3.63, 3.8) is 0 Å². The van der Waals surface area contributed by atoms with E-state index >= 15 is 0 Å². The molecule has 0 unspecified atom stereocenters. The molecule has 4 nitrogen and oxygen atoms in total. The van der Waals surface area contributed by atoms with E-state index in [2.05, 4.69) is 46.5 Å². The molecule has 0 aliphatic carbocycles. The van der Waals surface area contributed by atoms with E-state index in [-0.39, 0.29) is 5.56 Å². The smallest absolute Gasteiger partial charge is 0.290 e. The molecule has 0 bridgehead atoms. The van der Waals surface area contributed by atoms with Gasteiger partial charge in [0.05, 0.1) is 5.69 Å². The molecule has 0 saturated carbocycles. The molecule has 2 aromatic rings. The van der Waals surface area contributed by atoms with Gasteiger partial charge in [0.2, 0.25) is 0 Å². The molecule has 20 heavy (non-hydrogen) atoms. The Bertz CT molecular complexity index is 629. The maximum Gasteiger partial charge on any atom is 0.290 e. The average Bonchev–Trinajstić information content (AvgIpc) is 2.45. The van der Waals surface area contributed by atoms with Crippen LogP contribution in [0.25, 0.3) is 0 Å². The Kier molecular flexibility index (Phi) is 4.56. The third kappa shape index (κ3) is 3.47. The molecule has 0 atom stereocenters. The van der Waals surface area contributed by atoms with Crippen molar-refractivity contribution in [1.82, 2.24) is 9.97 Å². The first-order valence-electron chi connectivity index (χ1n) is 6.99. The summed E-state index contributed by atoms with van der Waals surface area (Å²) in [4.78, 5) is 18.8. The zero-order chi connectivity index (χ0) is 14.5. The molecule has 0 amide bonds. The van der Waals surface area contributed by atoms with Crippen molar-refractivity contribution in [3.8, 4) is 0 Å². The van der Waals surface area contributed by atoms with Crippen molar-refractivity contribution in [2.24, 2.45) is 0 Å². The molecule has 0 aliphatic heterocycles. The van der Waals surface area contributed by atoms with Crippen LogP contribution in [0.4, 0.5) is 5.82 Å². The highest BCUT2D eigenvalue weighted by Crippen LogP contribution is 2.06. The first-order chi connectivity index (χ1) is 9.60. The van der Waals surface area contributed by atoms with Crippen LogP contribution in [0.1, 0.15) is 29.4 Å². The fourth-order valence-electron chi connectivity index (χ4n) is 2.01. The highest BCUT2D eigenvalue weighted by atomic mass is 16.1. The van der Waals surface area contributed by atoms with E-state index in [1.54, 1.807) is 0 Å². The monoisotopic (exact) mass is 271 g/mol. The minimum atomic E-state index is -0.158. The molecule has 1 aromatic carbocycles. The summed E-state index contributed by atoms with van der Waals surface area (Å²) in [6, 6.07) is 8.57. The molecule has 106 valence electrons. The SMILES string of the molecule is CCc1ccc(CCNc2nc(C)c(C)[nH]c2=O)cc1. The largest absolute Gasteiger partial charge is 0.365 e. The Morgan fingerprint density at radius 3 is 2.45 bits per heavy atom. The molecule has 2 rings (SSSR count). The Balaban J connectivity index is 1.95. The maximum atomic E-state index is 11.7. The number of hydrogen-bond acceptors (Lipinski definition) is 3. The summed E-state index contributed by atoms with van der Waals surface area (Å²) in [6.45, 7) is 6.58. The number of aromatic nitrogens is 2. The van der Waals surface area contributed by atoms with Crippen molar-refractivity contribution < 1.29 is 0 Å². The Hall–Kier alpha value is -2.10. The summed E-state index contributed by atoms with van der Waals surface area (Å²) in [7, 11) is 0. The van der Waals surface area contributed by atoms with Crippen LogP contribution in [0.15, 0.2) is 29.1 Å². The maximum absolute atomic E-state index is 11.7. The van der Waals surface area contributed by atoms with Gasteiger partial charge in [-0.1, -0.05) is 31.2 Å². The molecular formula is C16H21N3O. The topological polar surface area (TPSA) is 57.8 Å². The third-order valence-corrected chi connectivity index (χ3v) is 3.48. The lowest BCUT2D eigenvalue weighted by molar-refractivity contribution is 0.958. The zero-order valence-electron chi connectivity index (χ0n) is 12.3. The van der Waals surface area contributed by atoms with Gasteiger partial charge in [-0.05, 0) is 37.8 Å². The van der Waals surface area contributed by atoms with E-state index in [1.807, 2.05) is 13.8 Å². The van der Waals surface area contributed by atoms with Crippen LogP contribution >= 0.6 is 0 Å². The summed E-state index contributed by atoms with van der Waals surface area (Å²) in [5.74, 6) is 0.401. The molecule has 0 spiro atoms. The number of aromatic amines is 1. The van der Waals surface area contributed by atoms with Crippen molar-refractivity contribution in [2.45, 2.75) is 33.6 Å². The Labute approximate surface area is 119 Å². The highest BCUT2D eigenvalue weighted by molar-refractivity contribution is 5.34. The quantitative estimate of drug-likeness (QED) is 0.879.